The first-order chi connectivity index (χ1) is 8.58. The van der Waals surface area contributed by atoms with E-state index >= 15 is 0 Å². The molecule has 1 unspecified atom stereocenters. The molecule has 0 saturated carbocycles. The minimum atomic E-state index is -0.677. The van der Waals surface area contributed by atoms with Crippen LogP contribution in [0, 0.1) is 6.92 Å². The summed E-state index contributed by atoms with van der Waals surface area (Å²) in [5.41, 5.74) is 2.60. The molecule has 1 N–H and O–H groups in total. The van der Waals surface area contributed by atoms with Gasteiger partial charge < -0.3 is 5.11 Å². The van der Waals surface area contributed by atoms with Crippen molar-refractivity contribution in [3.05, 3.63) is 63.4 Å². The van der Waals surface area contributed by atoms with Gasteiger partial charge in [0.2, 0.25) is 0 Å². The third-order valence-corrected chi connectivity index (χ3v) is 3.39. The third kappa shape index (κ3) is 3.02. The Balaban J connectivity index is 2.22. The highest BCUT2D eigenvalue weighted by atomic mass is 35.5. The maximum atomic E-state index is 10.2. The van der Waals surface area contributed by atoms with Gasteiger partial charge in [0.05, 0.1) is 6.10 Å². The maximum absolute atomic E-state index is 10.2. The van der Waals surface area contributed by atoms with Crippen molar-refractivity contribution in [2.75, 3.05) is 0 Å². The number of hydrogen-bond acceptors (Lipinski definition) is 2. The number of aromatic nitrogens is 1. The molecule has 0 radical (unpaired) electrons. The van der Waals surface area contributed by atoms with Gasteiger partial charge in [0.15, 0.2) is 0 Å². The van der Waals surface area contributed by atoms with Crippen molar-refractivity contribution in [2.24, 2.45) is 0 Å². The van der Waals surface area contributed by atoms with E-state index < -0.39 is 6.10 Å². The Morgan fingerprint density at radius 3 is 2.72 bits per heavy atom. The van der Waals surface area contributed by atoms with Gasteiger partial charge in [0.1, 0.15) is 0 Å². The summed E-state index contributed by atoms with van der Waals surface area (Å²) in [6.07, 6.45) is 1.48. The largest absolute Gasteiger partial charge is 0.388 e. The average Bonchev–Trinajstić information content (AvgIpc) is 2.32. The molecule has 0 amide bonds. The minimum Gasteiger partial charge on any atom is -0.388 e. The molecule has 0 fully saturated rings. The smallest absolute Gasteiger partial charge is 0.0859 e. The van der Waals surface area contributed by atoms with E-state index in [1.54, 1.807) is 24.4 Å². The van der Waals surface area contributed by atoms with E-state index in [2.05, 4.69) is 4.98 Å². The molecule has 94 valence electrons. The van der Waals surface area contributed by atoms with Crippen molar-refractivity contribution in [3.8, 4) is 0 Å². The van der Waals surface area contributed by atoms with Gasteiger partial charge in [-0.15, -0.1) is 0 Å². The molecule has 0 bridgehead atoms. The third-order valence-electron chi connectivity index (χ3n) is 2.83. The molecule has 0 aliphatic carbocycles. The van der Waals surface area contributed by atoms with E-state index in [-0.39, 0.29) is 0 Å². The normalized spacial score (nSPS) is 12.4. The second kappa shape index (κ2) is 5.70. The van der Waals surface area contributed by atoms with E-state index in [0.717, 1.165) is 11.3 Å². The summed E-state index contributed by atoms with van der Waals surface area (Å²) in [5.74, 6) is 0. The van der Waals surface area contributed by atoms with E-state index in [0.29, 0.717) is 22.0 Å². The van der Waals surface area contributed by atoms with E-state index in [1.165, 1.54) is 0 Å². The molecule has 1 aromatic carbocycles. The van der Waals surface area contributed by atoms with Crippen molar-refractivity contribution < 1.29 is 5.11 Å². The number of aryl methyl sites for hydroxylation is 1. The molecule has 2 rings (SSSR count). The summed E-state index contributed by atoms with van der Waals surface area (Å²) < 4.78 is 0. The summed E-state index contributed by atoms with van der Waals surface area (Å²) in [5, 5.41) is 11.2. The molecule has 2 aromatic rings. The Labute approximate surface area is 116 Å². The Hall–Kier alpha value is -1.09. The zero-order valence-electron chi connectivity index (χ0n) is 9.90. The molecular weight excluding hydrogens is 269 g/mol. The lowest BCUT2D eigenvalue weighted by molar-refractivity contribution is 0.177. The first-order valence-electron chi connectivity index (χ1n) is 5.61. The van der Waals surface area contributed by atoms with Gasteiger partial charge in [-0.3, -0.25) is 4.98 Å². The number of benzene rings is 1. The number of halogens is 2. The Kier molecular flexibility index (Phi) is 4.23. The number of aliphatic hydroxyl groups is 1. The Bertz CT molecular complexity index is 557. The summed E-state index contributed by atoms with van der Waals surface area (Å²) in [6, 6.07) is 8.94. The number of pyridine rings is 1. The molecule has 18 heavy (non-hydrogen) atoms. The molecule has 1 aromatic heterocycles. The van der Waals surface area contributed by atoms with Gasteiger partial charge in [0.25, 0.3) is 0 Å². The molecule has 0 spiro atoms. The van der Waals surface area contributed by atoms with E-state index in [1.807, 2.05) is 19.1 Å². The minimum absolute atomic E-state index is 0.439. The summed E-state index contributed by atoms with van der Waals surface area (Å²) in [4.78, 5) is 4.26. The van der Waals surface area contributed by atoms with Gasteiger partial charge in [-0.2, -0.15) is 0 Å². The average molecular weight is 282 g/mol. The van der Waals surface area contributed by atoms with Crippen LogP contribution in [0.1, 0.15) is 22.9 Å². The Morgan fingerprint density at radius 2 is 2.06 bits per heavy atom. The lowest BCUT2D eigenvalue weighted by Crippen LogP contribution is -2.05. The van der Waals surface area contributed by atoms with Gasteiger partial charge >= 0.3 is 0 Å². The van der Waals surface area contributed by atoms with Gasteiger partial charge in [-0.1, -0.05) is 35.3 Å². The molecule has 1 heterocycles. The first kappa shape index (κ1) is 13.3. The molecular formula is C14H13Cl2NO. The summed E-state index contributed by atoms with van der Waals surface area (Å²) in [6.45, 7) is 1.97. The molecule has 2 nitrogen and oxygen atoms in total. The highest BCUT2D eigenvalue weighted by Gasteiger charge is 2.14. The van der Waals surface area contributed by atoms with Crippen LogP contribution in [0.5, 0.6) is 0 Å². The van der Waals surface area contributed by atoms with E-state index in [4.69, 9.17) is 23.2 Å². The fourth-order valence-corrected chi connectivity index (χ4v) is 2.33. The molecule has 0 aliphatic heterocycles. The molecule has 0 saturated heterocycles. The quantitative estimate of drug-likeness (QED) is 0.923. The highest BCUT2D eigenvalue weighted by Crippen LogP contribution is 2.28. The monoisotopic (exact) mass is 281 g/mol. The zero-order valence-corrected chi connectivity index (χ0v) is 11.4. The van der Waals surface area contributed by atoms with Gasteiger partial charge in [-0.25, -0.2) is 0 Å². The zero-order chi connectivity index (χ0) is 13.1. The van der Waals surface area contributed by atoms with Crippen LogP contribution in [-0.4, -0.2) is 10.1 Å². The molecule has 0 aliphatic rings. The SMILES string of the molecule is Cc1cccnc1CC(O)c1ccc(Cl)cc1Cl. The fraction of sp³-hybridized carbons (Fsp3) is 0.214. The maximum Gasteiger partial charge on any atom is 0.0859 e. The van der Waals surface area contributed by atoms with Crippen LogP contribution in [0.4, 0.5) is 0 Å². The lowest BCUT2D eigenvalue weighted by Gasteiger charge is -2.13. The number of rotatable bonds is 3. The molecule has 1 atom stereocenters. The lowest BCUT2D eigenvalue weighted by atomic mass is 10.0. The number of nitrogens with zero attached hydrogens (tertiary/aromatic N) is 1. The summed E-state index contributed by atoms with van der Waals surface area (Å²) >= 11 is 11.9. The predicted molar refractivity (Wildman–Crippen MR) is 74.1 cm³/mol. The van der Waals surface area contributed by atoms with Gasteiger partial charge in [-0.05, 0) is 36.2 Å². The second-order valence-corrected chi connectivity index (χ2v) is 5.00. The van der Waals surface area contributed by atoms with Crippen LogP contribution >= 0.6 is 23.2 Å². The van der Waals surface area contributed by atoms with Crippen molar-refractivity contribution in [1.29, 1.82) is 0 Å². The molecule has 4 heteroatoms. The van der Waals surface area contributed by atoms with E-state index in [9.17, 15) is 5.11 Å². The van der Waals surface area contributed by atoms with Crippen molar-refractivity contribution in [2.45, 2.75) is 19.4 Å². The van der Waals surface area contributed by atoms with Crippen molar-refractivity contribution >= 4 is 23.2 Å². The number of aliphatic hydroxyl groups excluding tert-OH is 1. The standard InChI is InChI=1S/C14H13Cl2NO/c1-9-3-2-6-17-13(9)8-14(18)11-5-4-10(15)7-12(11)16/h2-7,14,18H,8H2,1H3. The van der Waals surface area contributed by atoms with Crippen LogP contribution in [-0.2, 0) is 6.42 Å². The van der Waals surface area contributed by atoms with Crippen LogP contribution in [0.15, 0.2) is 36.5 Å². The summed E-state index contributed by atoms with van der Waals surface area (Å²) in [7, 11) is 0. The topological polar surface area (TPSA) is 33.1 Å². The van der Waals surface area contributed by atoms with Crippen molar-refractivity contribution in [1.82, 2.24) is 4.98 Å². The van der Waals surface area contributed by atoms with Crippen molar-refractivity contribution in [3.63, 3.8) is 0 Å². The second-order valence-electron chi connectivity index (χ2n) is 4.15. The van der Waals surface area contributed by atoms with Gasteiger partial charge in [0, 0.05) is 28.4 Å². The first-order valence-corrected chi connectivity index (χ1v) is 6.37. The van der Waals surface area contributed by atoms with Crippen LogP contribution < -0.4 is 0 Å². The predicted octanol–water partition coefficient (Wildman–Crippen LogP) is 3.97. The fourth-order valence-electron chi connectivity index (χ4n) is 1.80. The van der Waals surface area contributed by atoms with Crippen LogP contribution in [0.3, 0.4) is 0 Å². The Morgan fingerprint density at radius 1 is 1.28 bits per heavy atom. The van der Waals surface area contributed by atoms with Crippen LogP contribution in [0.2, 0.25) is 10.0 Å². The van der Waals surface area contributed by atoms with Crippen LogP contribution in [0.25, 0.3) is 0 Å². The number of hydrogen-bond donors (Lipinski definition) is 1. The highest BCUT2D eigenvalue weighted by molar-refractivity contribution is 6.35.